The first-order chi connectivity index (χ1) is 5.71. The SMILES string of the molecule is CCOC(=O)[C@]12CC1COC2=O. The van der Waals surface area contributed by atoms with E-state index in [-0.39, 0.29) is 5.92 Å². The van der Waals surface area contributed by atoms with Crippen molar-refractivity contribution in [2.45, 2.75) is 13.3 Å². The minimum absolute atomic E-state index is 0.0871. The summed E-state index contributed by atoms with van der Waals surface area (Å²) in [6, 6.07) is 0. The molecular formula is C8H10O4. The van der Waals surface area contributed by atoms with E-state index in [0.717, 1.165) is 0 Å². The Kier molecular flexibility index (Phi) is 1.40. The number of rotatable bonds is 2. The fourth-order valence-electron chi connectivity index (χ4n) is 1.68. The van der Waals surface area contributed by atoms with Gasteiger partial charge in [-0.15, -0.1) is 0 Å². The van der Waals surface area contributed by atoms with Gasteiger partial charge in [-0.1, -0.05) is 0 Å². The fraction of sp³-hybridized carbons (Fsp3) is 0.750. The summed E-state index contributed by atoms with van der Waals surface area (Å²) >= 11 is 0. The number of cyclic esters (lactones) is 1. The zero-order chi connectivity index (χ0) is 8.77. The van der Waals surface area contributed by atoms with Gasteiger partial charge >= 0.3 is 11.9 Å². The molecule has 0 aromatic carbocycles. The first-order valence-corrected chi connectivity index (χ1v) is 4.06. The van der Waals surface area contributed by atoms with E-state index in [0.29, 0.717) is 19.6 Å². The summed E-state index contributed by atoms with van der Waals surface area (Å²) in [5.74, 6) is -0.715. The number of carbonyl (C=O) groups excluding carboxylic acids is 2. The molecule has 1 aliphatic heterocycles. The molecule has 0 aromatic rings. The van der Waals surface area contributed by atoms with E-state index in [9.17, 15) is 9.59 Å². The highest BCUT2D eigenvalue weighted by Crippen LogP contribution is 2.58. The average molecular weight is 170 g/mol. The Morgan fingerprint density at radius 1 is 1.83 bits per heavy atom. The summed E-state index contributed by atoms with van der Waals surface area (Å²) in [6.45, 7) is 2.43. The van der Waals surface area contributed by atoms with Gasteiger partial charge in [-0.2, -0.15) is 0 Å². The number of hydrogen-bond donors (Lipinski definition) is 0. The summed E-state index contributed by atoms with van der Waals surface area (Å²) in [5.41, 5.74) is -0.893. The molecule has 0 bridgehead atoms. The van der Waals surface area contributed by atoms with Gasteiger partial charge in [0, 0.05) is 5.92 Å². The van der Waals surface area contributed by atoms with Gasteiger partial charge in [-0.05, 0) is 13.3 Å². The second kappa shape index (κ2) is 2.21. The third-order valence-electron chi connectivity index (χ3n) is 2.52. The van der Waals surface area contributed by atoms with Gasteiger partial charge in [0.1, 0.15) is 0 Å². The fourth-order valence-corrected chi connectivity index (χ4v) is 1.68. The number of esters is 2. The lowest BCUT2D eigenvalue weighted by Crippen LogP contribution is -2.26. The van der Waals surface area contributed by atoms with E-state index in [1.54, 1.807) is 6.92 Å². The van der Waals surface area contributed by atoms with Crippen molar-refractivity contribution in [2.24, 2.45) is 11.3 Å². The Balaban J connectivity index is 2.13. The maximum Gasteiger partial charge on any atom is 0.323 e. The number of hydrogen-bond acceptors (Lipinski definition) is 4. The van der Waals surface area contributed by atoms with E-state index in [2.05, 4.69) is 0 Å². The third kappa shape index (κ3) is 0.722. The molecule has 1 saturated heterocycles. The number of ether oxygens (including phenoxy) is 2. The molecule has 2 atom stereocenters. The molecule has 0 N–H and O–H groups in total. The Morgan fingerprint density at radius 2 is 2.58 bits per heavy atom. The molecule has 12 heavy (non-hydrogen) atoms. The predicted molar refractivity (Wildman–Crippen MR) is 38.1 cm³/mol. The first kappa shape index (κ1) is 7.58. The first-order valence-electron chi connectivity index (χ1n) is 4.06. The minimum Gasteiger partial charge on any atom is -0.465 e. The lowest BCUT2D eigenvalue weighted by atomic mass is 10.1. The smallest absolute Gasteiger partial charge is 0.323 e. The normalized spacial score (nSPS) is 37.1. The standard InChI is InChI=1S/C8H10O4/c1-2-11-6(9)8-3-5(8)4-12-7(8)10/h5H,2-4H2,1H3/t5?,8-/m0/s1. The number of fused-ring (bicyclic) bond motifs is 1. The van der Waals surface area contributed by atoms with Crippen molar-refractivity contribution in [3.8, 4) is 0 Å². The van der Waals surface area contributed by atoms with Crippen molar-refractivity contribution in [3.63, 3.8) is 0 Å². The molecule has 66 valence electrons. The number of carbonyl (C=O) groups is 2. The van der Waals surface area contributed by atoms with Gasteiger partial charge in [0.15, 0.2) is 5.41 Å². The van der Waals surface area contributed by atoms with Gasteiger partial charge in [0.2, 0.25) is 0 Å². The zero-order valence-corrected chi connectivity index (χ0v) is 6.83. The third-order valence-corrected chi connectivity index (χ3v) is 2.52. The maximum atomic E-state index is 11.3. The van der Waals surface area contributed by atoms with Crippen LogP contribution in [0.1, 0.15) is 13.3 Å². The van der Waals surface area contributed by atoms with Crippen LogP contribution in [0.3, 0.4) is 0 Å². The van der Waals surface area contributed by atoms with E-state index in [1.807, 2.05) is 0 Å². The van der Waals surface area contributed by atoms with E-state index in [1.165, 1.54) is 0 Å². The Hall–Kier alpha value is -1.06. The second-order valence-electron chi connectivity index (χ2n) is 3.19. The molecule has 2 aliphatic rings. The van der Waals surface area contributed by atoms with Crippen molar-refractivity contribution in [2.75, 3.05) is 13.2 Å². The Bertz CT molecular complexity index is 247. The largest absolute Gasteiger partial charge is 0.465 e. The van der Waals surface area contributed by atoms with Crippen LogP contribution in [0.25, 0.3) is 0 Å². The van der Waals surface area contributed by atoms with E-state index in [4.69, 9.17) is 9.47 Å². The highest BCUT2D eigenvalue weighted by molar-refractivity contribution is 6.05. The Morgan fingerprint density at radius 3 is 3.00 bits per heavy atom. The quantitative estimate of drug-likeness (QED) is 0.436. The van der Waals surface area contributed by atoms with Crippen LogP contribution in [0.4, 0.5) is 0 Å². The highest BCUT2D eigenvalue weighted by atomic mass is 16.6. The van der Waals surface area contributed by atoms with Gasteiger partial charge in [-0.25, -0.2) is 0 Å². The topological polar surface area (TPSA) is 52.6 Å². The zero-order valence-electron chi connectivity index (χ0n) is 6.83. The Labute approximate surface area is 69.8 Å². The van der Waals surface area contributed by atoms with Gasteiger partial charge in [-0.3, -0.25) is 9.59 Å². The van der Waals surface area contributed by atoms with Gasteiger partial charge < -0.3 is 9.47 Å². The molecule has 0 amide bonds. The van der Waals surface area contributed by atoms with Crippen molar-refractivity contribution in [3.05, 3.63) is 0 Å². The predicted octanol–water partition coefficient (Wildman–Crippen LogP) is 0.113. The van der Waals surface area contributed by atoms with Crippen molar-refractivity contribution >= 4 is 11.9 Å². The average Bonchev–Trinajstić information content (AvgIpc) is 2.69. The lowest BCUT2D eigenvalue weighted by Gasteiger charge is -2.06. The van der Waals surface area contributed by atoms with Crippen LogP contribution in [0.5, 0.6) is 0 Å². The molecule has 2 rings (SSSR count). The lowest BCUT2D eigenvalue weighted by molar-refractivity contribution is -0.159. The second-order valence-corrected chi connectivity index (χ2v) is 3.19. The minimum atomic E-state index is -0.893. The van der Waals surface area contributed by atoms with Crippen LogP contribution in [-0.4, -0.2) is 25.2 Å². The molecule has 0 aromatic heterocycles. The molecule has 0 spiro atoms. The van der Waals surface area contributed by atoms with E-state index >= 15 is 0 Å². The van der Waals surface area contributed by atoms with Crippen molar-refractivity contribution in [1.29, 1.82) is 0 Å². The maximum absolute atomic E-state index is 11.3. The van der Waals surface area contributed by atoms with Crippen LogP contribution in [0, 0.1) is 11.3 Å². The molecule has 1 saturated carbocycles. The molecule has 1 unspecified atom stereocenters. The molecule has 1 heterocycles. The summed E-state index contributed by atoms with van der Waals surface area (Å²) in [4.78, 5) is 22.4. The molecule has 1 aliphatic carbocycles. The van der Waals surface area contributed by atoms with Gasteiger partial charge in [0.05, 0.1) is 13.2 Å². The summed E-state index contributed by atoms with van der Waals surface area (Å²) < 4.78 is 9.55. The van der Waals surface area contributed by atoms with Crippen molar-refractivity contribution < 1.29 is 19.1 Å². The molecular weight excluding hydrogens is 160 g/mol. The van der Waals surface area contributed by atoms with Crippen LogP contribution in [0.2, 0.25) is 0 Å². The monoisotopic (exact) mass is 170 g/mol. The summed E-state index contributed by atoms with van der Waals surface area (Å²) in [5, 5.41) is 0. The summed E-state index contributed by atoms with van der Waals surface area (Å²) in [6.07, 6.45) is 0.616. The molecule has 0 radical (unpaired) electrons. The highest BCUT2D eigenvalue weighted by Gasteiger charge is 2.72. The van der Waals surface area contributed by atoms with Crippen molar-refractivity contribution in [1.82, 2.24) is 0 Å². The molecule has 4 nitrogen and oxygen atoms in total. The van der Waals surface area contributed by atoms with Gasteiger partial charge in [0.25, 0.3) is 0 Å². The summed E-state index contributed by atoms with van der Waals surface area (Å²) in [7, 11) is 0. The van der Waals surface area contributed by atoms with Crippen LogP contribution in [0.15, 0.2) is 0 Å². The van der Waals surface area contributed by atoms with Crippen LogP contribution in [-0.2, 0) is 19.1 Å². The van der Waals surface area contributed by atoms with Crippen LogP contribution < -0.4 is 0 Å². The molecule has 4 heteroatoms. The van der Waals surface area contributed by atoms with Crippen LogP contribution >= 0.6 is 0 Å². The molecule has 2 fully saturated rings. The van der Waals surface area contributed by atoms with E-state index < -0.39 is 17.4 Å².